The van der Waals surface area contributed by atoms with E-state index in [1.807, 2.05) is 0 Å². The molecule has 0 radical (unpaired) electrons. The van der Waals surface area contributed by atoms with E-state index in [-0.39, 0.29) is 16.3 Å². The molecule has 0 saturated heterocycles. The van der Waals surface area contributed by atoms with Crippen LogP contribution in [0.2, 0.25) is 0 Å². The van der Waals surface area contributed by atoms with Gasteiger partial charge >= 0.3 is 6.18 Å². The van der Waals surface area contributed by atoms with E-state index in [4.69, 9.17) is 0 Å². The van der Waals surface area contributed by atoms with Gasteiger partial charge in [0.15, 0.2) is 9.84 Å². The van der Waals surface area contributed by atoms with Gasteiger partial charge in [0.05, 0.1) is 21.9 Å². The van der Waals surface area contributed by atoms with Crippen LogP contribution in [-0.4, -0.2) is 19.7 Å². The molecule has 2 rings (SSSR count). The van der Waals surface area contributed by atoms with Crippen molar-refractivity contribution in [2.45, 2.75) is 30.5 Å². The first-order chi connectivity index (χ1) is 8.03. The second-order valence-electron chi connectivity index (χ2n) is 4.94. The highest BCUT2D eigenvalue weighted by molar-refractivity contribution is 7.91. The van der Waals surface area contributed by atoms with E-state index in [1.165, 1.54) is 6.07 Å². The van der Waals surface area contributed by atoms with Crippen LogP contribution in [0.25, 0.3) is 0 Å². The van der Waals surface area contributed by atoms with Gasteiger partial charge in [0, 0.05) is 5.54 Å². The molecule has 0 bridgehead atoms. The lowest BCUT2D eigenvalue weighted by Crippen LogP contribution is -2.43. The zero-order valence-electron chi connectivity index (χ0n) is 9.80. The number of nitrogens with one attached hydrogen (secondary N) is 1. The number of sulfone groups is 1. The van der Waals surface area contributed by atoms with Crippen molar-refractivity contribution >= 4 is 15.5 Å². The molecule has 3 nitrogen and oxygen atoms in total. The summed E-state index contributed by atoms with van der Waals surface area (Å²) in [5, 5.41) is 2.67. The van der Waals surface area contributed by atoms with Crippen LogP contribution in [0.15, 0.2) is 23.1 Å². The maximum Gasteiger partial charge on any atom is 0.418 e. The number of hydrogen-bond donors (Lipinski definition) is 1. The third kappa shape index (κ3) is 2.19. The molecule has 1 aliphatic heterocycles. The highest BCUT2D eigenvalue weighted by Crippen LogP contribution is 2.42. The monoisotopic (exact) mass is 279 g/mol. The number of halogens is 3. The van der Waals surface area contributed by atoms with Crippen LogP contribution < -0.4 is 5.32 Å². The van der Waals surface area contributed by atoms with Crippen molar-refractivity contribution in [1.82, 2.24) is 0 Å². The Labute approximate surface area is 103 Å². The van der Waals surface area contributed by atoms with Crippen LogP contribution in [0.3, 0.4) is 0 Å². The second kappa shape index (κ2) is 3.63. The summed E-state index contributed by atoms with van der Waals surface area (Å²) in [4.78, 5) is -0.281. The maximum atomic E-state index is 12.8. The molecule has 1 heterocycles. The van der Waals surface area contributed by atoms with E-state index in [0.717, 1.165) is 12.1 Å². The van der Waals surface area contributed by atoms with E-state index < -0.39 is 27.1 Å². The minimum absolute atomic E-state index is 0.228. The summed E-state index contributed by atoms with van der Waals surface area (Å²) in [7, 11) is -3.69. The molecule has 0 spiro atoms. The molecule has 18 heavy (non-hydrogen) atoms. The SMILES string of the molecule is CC1(C)CS(=O)(=O)c2cccc(C(F)(F)F)c2N1. The Morgan fingerprint density at radius 2 is 1.89 bits per heavy atom. The van der Waals surface area contributed by atoms with E-state index in [1.54, 1.807) is 13.8 Å². The molecule has 0 unspecified atom stereocenters. The van der Waals surface area contributed by atoms with Gasteiger partial charge in [-0.05, 0) is 26.0 Å². The first-order valence-corrected chi connectivity index (χ1v) is 6.89. The molecule has 0 aromatic heterocycles. The summed E-state index contributed by atoms with van der Waals surface area (Å²) in [5.41, 5.74) is -2.22. The van der Waals surface area contributed by atoms with Gasteiger partial charge in [-0.1, -0.05) is 6.07 Å². The number of rotatable bonds is 0. The largest absolute Gasteiger partial charge is 0.418 e. The standard InChI is InChI=1S/C11H12F3NO2S/c1-10(2)6-18(16,17)8-5-3-4-7(9(8)15-10)11(12,13)14/h3-5,15H,6H2,1-2H3. The van der Waals surface area contributed by atoms with Crippen molar-refractivity contribution in [2.24, 2.45) is 0 Å². The Hall–Kier alpha value is -1.24. The Bertz CT molecular complexity index is 591. The lowest BCUT2D eigenvalue weighted by Gasteiger charge is -2.34. The van der Waals surface area contributed by atoms with E-state index in [9.17, 15) is 21.6 Å². The average molecular weight is 279 g/mol. The Morgan fingerprint density at radius 3 is 2.44 bits per heavy atom. The zero-order valence-corrected chi connectivity index (χ0v) is 10.6. The molecule has 0 fully saturated rings. The summed E-state index contributed by atoms with van der Waals surface area (Å²) >= 11 is 0. The topological polar surface area (TPSA) is 46.2 Å². The lowest BCUT2D eigenvalue weighted by atomic mass is 10.1. The smallest absolute Gasteiger partial charge is 0.378 e. The van der Waals surface area contributed by atoms with Crippen LogP contribution in [-0.2, 0) is 16.0 Å². The first-order valence-electron chi connectivity index (χ1n) is 5.24. The Morgan fingerprint density at radius 1 is 1.28 bits per heavy atom. The summed E-state index contributed by atoms with van der Waals surface area (Å²) < 4.78 is 62.5. The van der Waals surface area contributed by atoms with E-state index >= 15 is 0 Å². The maximum absolute atomic E-state index is 12.8. The molecule has 7 heteroatoms. The van der Waals surface area contributed by atoms with Gasteiger partial charge in [-0.15, -0.1) is 0 Å². The van der Waals surface area contributed by atoms with Crippen molar-refractivity contribution < 1.29 is 21.6 Å². The number of fused-ring (bicyclic) bond motifs is 1. The average Bonchev–Trinajstić information content (AvgIpc) is 2.11. The number of anilines is 1. The van der Waals surface area contributed by atoms with Crippen LogP contribution >= 0.6 is 0 Å². The van der Waals surface area contributed by atoms with Gasteiger partial charge in [-0.3, -0.25) is 0 Å². The van der Waals surface area contributed by atoms with Crippen molar-refractivity contribution in [3.8, 4) is 0 Å². The summed E-state index contributed by atoms with van der Waals surface area (Å²) in [5.74, 6) is -0.228. The molecule has 1 aromatic rings. The molecule has 0 amide bonds. The molecule has 100 valence electrons. The second-order valence-corrected chi connectivity index (χ2v) is 6.90. The quantitative estimate of drug-likeness (QED) is 0.794. The molecule has 1 aliphatic rings. The molecule has 0 saturated carbocycles. The van der Waals surface area contributed by atoms with Gasteiger partial charge in [0.1, 0.15) is 0 Å². The number of benzene rings is 1. The van der Waals surface area contributed by atoms with Crippen molar-refractivity contribution in [2.75, 3.05) is 11.1 Å². The minimum atomic E-state index is -4.58. The van der Waals surface area contributed by atoms with E-state index in [0.29, 0.717) is 0 Å². The molecule has 0 aliphatic carbocycles. The van der Waals surface area contributed by atoms with Gasteiger partial charge in [0.2, 0.25) is 0 Å². The molecule has 1 aromatic carbocycles. The third-order valence-corrected chi connectivity index (χ3v) is 4.79. The van der Waals surface area contributed by atoms with Crippen LogP contribution in [0.1, 0.15) is 19.4 Å². The zero-order chi connectivity index (χ0) is 13.8. The predicted molar refractivity (Wildman–Crippen MR) is 61.2 cm³/mol. The summed E-state index contributed by atoms with van der Waals surface area (Å²) in [6.07, 6.45) is -4.58. The fourth-order valence-electron chi connectivity index (χ4n) is 2.08. The fourth-order valence-corrected chi connectivity index (χ4v) is 4.02. The Balaban J connectivity index is 2.74. The number of hydrogen-bond acceptors (Lipinski definition) is 3. The van der Waals surface area contributed by atoms with Crippen LogP contribution in [0.5, 0.6) is 0 Å². The Kier molecular flexibility index (Phi) is 2.66. The highest BCUT2D eigenvalue weighted by atomic mass is 32.2. The molecule has 1 N–H and O–H groups in total. The first kappa shape index (κ1) is 13.2. The van der Waals surface area contributed by atoms with Gasteiger partial charge in [0.25, 0.3) is 0 Å². The summed E-state index contributed by atoms with van der Waals surface area (Å²) in [6.45, 7) is 3.11. The molecular weight excluding hydrogens is 267 g/mol. The van der Waals surface area contributed by atoms with Crippen LogP contribution in [0.4, 0.5) is 18.9 Å². The number of para-hydroxylation sites is 1. The van der Waals surface area contributed by atoms with Gasteiger partial charge in [-0.25, -0.2) is 8.42 Å². The van der Waals surface area contributed by atoms with E-state index in [2.05, 4.69) is 5.32 Å². The van der Waals surface area contributed by atoms with Crippen molar-refractivity contribution in [3.63, 3.8) is 0 Å². The minimum Gasteiger partial charge on any atom is -0.378 e. The molecule has 0 atom stereocenters. The van der Waals surface area contributed by atoms with Crippen LogP contribution in [0, 0.1) is 0 Å². The highest BCUT2D eigenvalue weighted by Gasteiger charge is 2.42. The van der Waals surface area contributed by atoms with Gasteiger partial charge in [-0.2, -0.15) is 13.2 Å². The fraction of sp³-hybridized carbons (Fsp3) is 0.455. The predicted octanol–water partition coefficient (Wildman–Crippen LogP) is 2.68. The number of alkyl halides is 3. The van der Waals surface area contributed by atoms with Gasteiger partial charge < -0.3 is 5.32 Å². The lowest BCUT2D eigenvalue weighted by molar-refractivity contribution is -0.137. The molecular formula is C11H12F3NO2S. The van der Waals surface area contributed by atoms with Crippen molar-refractivity contribution in [1.29, 1.82) is 0 Å². The summed E-state index contributed by atoms with van der Waals surface area (Å²) in [6, 6.07) is 3.18. The third-order valence-electron chi connectivity index (χ3n) is 2.68. The van der Waals surface area contributed by atoms with Crippen molar-refractivity contribution in [3.05, 3.63) is 23.8 Å². The normalized spacial score (nSPS) is 20.9.